The minimum Gasteiger partial charge on any atom is -0.494 e. The molecule has 2 N–H and O–H groups in total. The number of hydrogen-bond acceptors (Lipinski definition) is 4. The predicted molar refractivity (Wildman–Crippen MR) is 95.3 cm³/mol. The summed E-state index contributed by atoms with van der Waals surface area (Å²) in [6, 6.07) is 4.47. The Morgan fingerprint density at radius 1 is 1.14 bits per heavy atom. The molecule has 0 saturated carbocycles. The summed E-state index contributed by atoms with van der Waals surface area (Å²) in [6.45, 7) is 4.95. The summed E-state index contributed by atoms with van der Waals surface area (Å²) in [5.41, 5.74) is -2.89. The van der Waals surface area contributed by atoms with Crippen LogP contribution in [-0.2, 0) is 22.0 Å². The normalized spacial score (nSPS) is 25.2. The number of carbonyl (C=O) groups is 1. The maximum absolute atomic E-state index is 13.4. The maximum atomic E-state index is 13.4. The molecule has 9 heteroatoms. The maximum Gasteiger partial charge on any atom is 0.417 e. The Hall–Kier alpha value is -3.15. The van der Waals surface area contributed by atoms with Crippen molar-refractivity contribution in [3.8, 4) is 23.5 Å². The first kappa shape index (κ1) is 19.2. The van der Waals surface area contributed by atoms with Gasteiger partial charge in [-0.25, -0.2) is 0 Å². The van der Waals surface area contributed by atoms with Crippen LogP contribution >= 0.6 is 0 Å². The molecule has 1 saturated heterocycles. The Bertz CT molecular complexity index is 1070. The van der Waals surface area contributed by atoms with Crippen molar-refractivity contribution in [1.29, 1.82) is 5.26 Å². The van der Waals surface area contributed by atoms with Crippen molar-refractivity contribution in [2.75, 3.05) is 0 Å². The number of nitrogens with zero attached hydrogens (tertiary/aromatic N) is 3. The highest BCUT2D eigenvalue weighted by Crippen LogP contribution is 2.65. The molecule has 6 nitrogen and oxygen atoms in total. The van der Waals surface area contributed by atoms with Crippen molar-refractivity contribution in [3.63, 3.8) is 0 Å². The lowest BCUT2D eigenvalue weighted by Gasteiger charge is -2.36. The van der Waals surface area contributed by atoms with Gasteiger partial charge >= 0.3 is 6.18 Å². The van der Waals surface area contributed by atoms with Gasteiger partial charge in [-0.05, 0) is 44.9 Å². The fourth-order valence-corrected chi connectivity index (χ4v) is 5.24. The van der Waals surface area contributed by atoms with Crippen molar-refractivity contribution in [2.24, 2.45) is 0 Å². The smallest absolute Gasteiger partial charge is 0.417 e. The summed E-state index contributed by atoms with van der Waals surface area (Å²) >= 11 is 0. The number of nitriles is 1. The van der Waals surface area contributed by atoms with Crippen LogP contribution < -0.4 is 0 Å². The summed E-state index contributed by atoms with van der Waals surface area (Å²) in [5, 5.41) is 30.8. The van der Waals surface area contributed by atoms with Gasteiger partial charge < -0.3 is 15.1 Å². The van der Waals surface area contributed by atoms with E-state index in [9.17, 15) is 28.2 Å². The van der Waals surface area contributed by atoms with Gasteiger partial charge in [0, 0.05) is 18.1 Å². The van der Waals surface area contributed by atoms with Crippen LogP contribution in [0.3, 0.4) is 0 Å². The fourth-order valence-electron chi connectivity index (χ4n) is 5.24. The van der Waals surface area contributed by atoms with E-state index in [1.54, 1.807) is 18.7 Å². The van der Waals surface area contributed by atoms with Crippen molar-refractivity contribution >= 4 is 5.91 Å². The zero-order valence-electron chi connectivity index (χ0n) is 15.9. The molecule has 2 aliphatic heterocycles. The van der Waals surface area contributed by atoms with E-state index in [-0.39, 0.29) is 11.6 Å². The van der Waals surface area contributed by atoms with Crippen LogP contribution in [0, 0.1) is 11.3 Å². The van der Waals surface area contributed by atoms with Crippen LogP contribution in [0.5, 0.6) is 11.8 Å². The minimum absolute atomic E-state index is 0.123. The highest BCUT2D eigenvalue weighted by Gasteiger charge is 2.64. The molecule has 2 bridgehead atoms. The Labute approximate surface area is 164 Å². The number of amides is 1. The average molecular weight is 405 g/mol. The molecule has 2 aliphatic rings. The van der Waals surface area contributed by atoms with Gasteiger partial charge in [-0.15, -0.1) is 0 Å². The third-order valence-corrected chi connectivity index (χ3v) is 6.29. The molecule has 3 heterocycles. The number of rotatable bonds is 1. The minimum atomic E-state index is -4.77. The van der Waals surface area contributed by atoms with Crippen LogP contribution in [0.15, 0.2) is 18.2 Å². The molecule has 2 atom stereocenters. The van der Waals surface area contributed by atoms with Crippen molar-refractivity contribution in [3.05, 3.63) is 40.5 Å². The van der Waals surface area contributed by atoms with Gasteiger partial charge in [0.2, 0.25) is 17.7 Å². The largest absolute Gasteiger partial charge is 0.494 e. The first-order valence-electron chi connectivity index (χ1n) is 8.98. The second-order valence-electron chi connectivity index (χ2n) is 7.97. The summed E-state index contributed by atoms with van der Waals surface area (Å²) in [6.07, 6.45) is -3.67. The topological polar surface area (TPSA) is 89.5 Å². The zero-order chi connectivity index (χ0) is 21.5. The molecule has 2 aromatic rings. The van der Waals surface area contributed by atoms with E-state index >= 15 is 0 Å². The number of carbonyl (C=O) groups excluding carboxylic acids is 1. The van der Waals surface area contributed by atoms with E-state index in [2.05, 4.69) is 0 Å². The Kier molecular flexibility index (Phi) is 3.62. The number of aromatic nitrogens is 1. The molecule has 1 aromatic heterocycles. The molecule has 0 spiro atoms. The van der Waals surface area contributed by atoms with Crippen molar-refractivity contribution in [2.45, 2.75) is 50.9 Å². The monoisotopic (exact) mass is 405 g/mol. The standard InChI is InChI=1S/C20H18F3N3O3/c1-10(27)26-18(2)6-7-19(26,3)15-14(18)16(28)25(17(15)29)12-5-4-11(9-24)13(8-12)20(21,22)23/h4-5,8,28-29H,6-7H2,1-3H3. The molecular weight excluding hydrogens is 387 g/mol. The van der Waals surface area contributed by atoms with E-state index < -0.39 is 40.1 Å². The van der Waals surface area contributed by atoms with Gasteiger partial charge in [-0.2, -0.15) is 18.4 Å². The Morgan fingerprint density at radius 2 is 1.66 bits per heavy atom. The quantitative estimate of drug-likeness (QED) is 0.754. The highest BCUT2D eigenvalue weighted by atomic mass is 19.4. The van der Waals surface area contributed by atoms with E-state index in [0.717, 1.165) is 16.7 Å². The molecule has 2 unspecified atom stereocenters. The number of benzene rings is 1. The SMILES string of the molecule is CC(=O)N1C2(C)CCC1(C)c1c2c(O)n(-c2ccc(C#N)c(C(F)(F)F)c2)c1O. The number of halogens is 3. The van der Waals surface area contributed by atoms with Gasteiger partial charge in [0.15, 0.2) is 0 Å². The fraction of sp³-hybridized carbons (Fsp3) is 0.400. The van der Waals surface area contributed by atoms with Crippen LogP contribution in [-0.4, -0.2) is 25.6 Å². The van der Waals surface area contributed by atoms with Crippen LogP contribution in [0.4, 0.5) is 13.2 Å². The number of aromatic hydroxyl groups is 2. The second-order valence-corrected chi connectivity index (χ2v) is 7.97. The molecule has 1 fully saturated rings. The lowest BCUT2D eigenvalue weighted by Crippen LogP contribution is -2.44. The van der Waals surface area contributed by atoms with E-state index in [1.807, 2.05) is 0 Å². The lowest BCUT2D eigenvalue weighted by atomic mass is 9.80. The van der Waals surface area contributed by atoms with Gasteiger partial charge in [0.1, 0.15) is 0 Å². The zero-order valence-corrected chi connectivity index (χ0v) is 15.9. The predicted octanol–water partition coefficient (Wildman–Crippen LogP) is 3.87. The van der Waals surface area contributed by atoms with Crippen molar-refractivity contribution < 1.29 is 28.2 Å². The van der Waals surface area contributed by atoms with Crippen LogP contribution in [0.2, 0.25) is 0 Å². The Balaban J connectivity index is 1.98. The highest BCUT2D eigenvalue weighted by molar-refractivity contribution is 5.80. The summed E-state index contributed by atoms with van der Waals surface area (Å²) in [5.74, 6) is -1.04. The summed E-state index contributed by atoms with van der Waals surface area (Å²) < 4.78 is 41.0. The van der Waals surface area contributed by atoms with E-state index in [4.69, 9.17) is 5.26 Å². The third kappa shape index (κ3) is 2.20. The molecule has 29 heavy (non-hydrogen) atoms. The Morgan fingerprint density at radius 3 is 2.07 bits per heavy atom. The number of hydrogen-bond donors (Lipinski definition) is 2. The molecule has 0 radical (unpaired) electrons. The van der Waals surface area contributed by atoms with Gasteiger partial charge in [-0.1, -0.05) is 0 Å². The molecule has 1 aromatic carbocycles. The summed E-state index contributed by atoms with van der Waals surface area (Å²) in [4.78, 5) is 13.9. The van der Waals surface area contributed by atoms with E-state index in [0.29, 0.717) is 24.0 Å². The third-order valence-electron chi connectivity index (χ3n) is 6.29. The second kappa shape index (κ2) is 5.47. The molecule has 4 rings (SSSR count). The van der Waals surface area contributed by atoms with Gasteiger partial charge in [0.25, 0.3) is 0 Å². The molecular formula is C20H18F3N3O3. The lowest BCUT2D eigenvalue weighted by molar-refractivity contribution is -0.138. The first-order chi connectivity index (χ1) is 13.4. The summed E-state index contributed by atoms with van der Waals surface area (Å²) in [7, 11) is 0. The molecule has 0 aliphatic carbocycles. The van der Waals surface area contributed by atoms with Crippen LogP contribution in [0.1, 0.15) is 55.9 Å². The molecule has 152 valence electrons. The first-order valence-corrected chi connectivity index (χ1v) is 8.98. The van der Waals surface area contributed by atoms with Crippen LogP contribution in [0.25, 0.3) is 5.69 Å². The number of alkyl halides is 3. The van der Waals surface area contributed by atoms with E-state index in [1.165, 1.54) is 19.1 Å². The number of fused-ring (bicyclic) bond motifs is 5. The van der Waals surface area contributed by atoms with Gasteiger partial charge in [0.05, 0.1) is 34.0 Å². The van der Waals surface area contributed by atoms with Gasteiger partial charge in [-0.3, -0.25) is 9.36 Å². The molecule has 1 amide bonds. The average Bonchev–Trinajstić information content (AvgIpc) is 3.13. The van der Waals surface area contributed by atoms with Crippen molar-refractivity contribution in [1.82, 2.24) is 9.47 Å².